The number of nitrogens with zero attached hydrogens (tertiary/aromatic N) is 2. The molecule has 4 nitrogen and oxygen atoms in total. The molecule has 0 aliphatic rings. The number of ether oxygens (including phenoxy) is 1. The molecule has 1 rings (SSSR count). The normalized spacial score (nSPS) is 12.5. The molecule has 0 amide bonds. The SMILES string of the molecule is CNCc1cc(F)cnc1N(C)C(C)COC. The van der Waals surface area contributed by atoms with Gasteiger partial charge in [0.05, 0.1) is 18.8 Å². The molecular weight excluding hydrogens is 221 g/mol. The van der Waals surface area contributed by atoms with Crippen LogP contribution in [-0.2, 0) is 11.3 Å². The number of methoxy groups -OCH3 is 1. The van der Waals surface area contributed by atoms with Crippen molar-refractivity contribution >= 4 is 5.82 Å². The average Bonchev–Trinajstić information content (AvgIpc) is 2.29. The molecule has 0 saturated carbocycles. The van der Waals surface area contributed by atoms with E-state index in [4.69, 9.17) is 4.74 Å². The number of rotatable bonds is 6. The number of halogens is 1. The Morgan fingerprint density at radius 1 is 1.59 bits per heavy atom. The van der Waals surface area contributed by atoms with Gasteiger partial charge >= 0.3 is 0 Å². The molecule has 0 aliphatic heterocycles. The number of aromatic nitrogens is 1. The van der Waals surface area contributed by atoms with Crippen molar-refractivity contribution < 1.29 is 9.13 Å². The Kier molecular flexibility index (Phi) is 5.31. The smallest absolute Gasteiger partial charge is 0.141 e. The number of nitrogens with one attached hydrogen (secondary N) is 1. The highest BCUT2D eigenvalue weighted by molar-refractivity contribution is 5.47. The van der Waals surface area contributed by atoms with Gasteiger partial charge in [-0.3, -0.25) is 0 Å². The van der Waals surface area contributed by atoms with Crippen LogP contribution in [0.4, 0.5) is 10.2 Å². The zero-order valence-corrected chi connectivity index (χ0v) is 10.8. The predicted octanol–water partition coefficient (Wildman–Crippen LogP) is 1.41. The first-order chi connectivity index (χ1) is 8.10. The Morgan fingerprint density at radius 2 is 2.29 bits per heavy atom. The van der Waals surface area contributed by atoms with Crippen molar-refractivity contribution in [1.82, 2.24) is 10.3 Å². The summed E-state index contributed by atoms with van der Waals surface area (Å²) in [5.74, 6) is 0.470. The Bertz CT molecular complexity index is 360. The lowest BCUT2D eigenvalue weighted by atomic mass is 10.2. The molecule has 1 N–H and O–H groups in total. The second kappa shape index (κ2) is 6.51. The van der Waals surface area contributed by atoms with E-state index in [0.717, 1.165) is 11.4 Å². The lowest BCUT2D eigenvalue weighted by Gasteiger charge is -2.27. The molecule has 0 bridgehead atoms. The van der Waals surface area contributed by atoms with Crippen LogP contribution in [0.2, 0.25) is 0 Å². The molecule has 0 fully saturated rings. The summed E-state index contributed by atoms with van der Waals surface area (Å²) >= 11 is 0. The molecular formula is C12H20FN3O. The maximum Gasteiger partial charge on any atom is 0.141 e. The fraction of sp³-hybridized carbons (Fsp3) is 0.583. The van der Waals surface area contributed by atoms with Crippen molar-refractivity contribution in [3.8, 4) is 0 Å². The van der Waals surface area contributed by atoms with E-state index in [2.05, 4.69) is 10.3 Å². The highest BCUT2D eigenvalue weighted by Gasteiger charge is 2.15. The first-order valence-electron chi connectivity index (χ1n) is 5.61. The van der Waals surface area contributed by atoms with Crippen LogP contribution < -0.4 is 10.2 Å². The summed E-state index contributed by atoms with van der Waals surface area (Å²) < 4.78 is 18.3. The zero-order valence-electron chi connectivity index (χ0n) is 10.8. The number of hydrogen-bond acceptors (Lipinski definition) is 4. The van der Waals surface area contributed by atoms with Crippen LogP contribution in [0, 0.1) is 5.82 Å². The minimum absolute atomic E-state index is 0.188. The summed E-state index contributed by atoms with van der Waals surface area (Å²) in [4.78, 5) is 6.15. The fourth-order valence-corrected chi connectivity index (χ4v) is 1.67. The van der Waals surface area contributed by atoms with Crippen molar-refractivity contribution in [3.05, 3.63) is 23.6 Å². The van der Waals surface area contributed by atoms with Gasteiger partial charge in [0, 0.05) is 26.3 Å². The quantitative estimate of drug-likeness (QED) is 0.817. The van der Waals surface area contributed by atoms with Crippen molar-refractivity contribution in [3.63, 3.8) is 0 Å². The van der Waals surface area contributed by atoms with E-state index in [1.54, 1.807) is 7.11 Å². The summed E-state index contributed by atoms with van der Waals surface area (Å²) in [6, 6.07) is 1.70. The topological polar surface area (TPSA) is 37.4 Å². The Morgan fingerprint density at radius 3 is 2.88 bits per heavy atom. The van der Waals surface area contributed by atoms with E-state index < -0.39 is 0 Å². The second-order valence-electron chi connectivity index (χ2n) is 4.08. The Balaban J connectivity index is 2.94. The number of hydrogen-bond donors (Lipinski definition) is 1. The molecule has 5 heteroatoms. The molecule has 0 saturated heterocycles. The van der Waals surface area contributed by atoms with Crippen LogP contribution in [0.25, 0.3) is 0 Å². The first kappa shape index (κ1) is 13.9. The number of anilines is 1. The van der Waals surface area contributed by atoms with Crippen LogP contribution in [0.3, 0.4) is 0 Å². The second-order valence-corrected chi connectivity index (χ2v) is 4.08. The van der Waals surface area contributed by atoms with E-state index in [1.165, 1.54) is 12.3 Å². The molecule has 1 aromatic rings. The maximum atomic E-state index is 13.1. The number of likely N-dealkylation sites (N-methyl/N-ethyl adjacent to an activating group) is 1. The summed E-state index contributed by atoms with van der Waals surface area (Å²) in [6.07, 6.45) is 1.24. The van der Waals surface area contributed by atoms with Gasteiger partial charge in [-0.1, -0.05) is 0 Å². The fourth-order valence-electron chi connectivity index (χ4n) is 1.67. The van der Waals surface area contributed by atoms with Gasteiger partial charge in [-0.15, -0.1) is 0 Å². The van der Waals surface area contributed by atoms with Crippen molar-refractivity contribution in [2.45, 2.75) is 19.5 Å². The number of pyridine rings is 1. The van der Waals surface area contributed by atoms with Crippen LogP contribution in [-0.4, -0.2) is 38.8 Å². The van der Waals surface area contributed by atoms with Crippen molar-refractivity contribution in [2.75, 3.05) is 32.7 Å². The highest BCUT2D eigenvalue weighted by Crippen LogP contribution is 2.19. The van der Waals surface area contributed by atoms with Gasteiger partial charge < -0.3 is 15.0 Å². The van der Waals surface area contributed by atoms with E-state index in [1.807, 2.05) is 25.9 Å². The van der Waals surface area contributed by atoms with Gasteiger partial charge in [-0.05, 0) is 20.0 Å². The molecule has 0 radical (unpaired) electrons. The third-order valence-electron chi connectivity index (χ3n) is 2.68. The van der Waals surface area contributed by atoms with Gasteiger partial charge in [0.2, 0.25) is 0 Å². The van der Waals surface area contributed by atoms with Crippen molar-refractivity contribution in [1.29, 1.82) is 0 Å². The van der Waals surface area contributed by atoms with Gasteiger partial charge in [0.25, 0.3) is 0 Å². The van der Waals surface area contributed by atoms with Gasteiger partial charge in [0.15, 0.2) is 0 Å². The zero-order chi connectivity index (χ0) is 12.8. The molecule has 0 aliphatic carbocycles. The third kappa shape index (κ3) is 3.64. The molecule has 1 heterocycles. The molecule has 17 heavy (non-hydrogen) atoms. The van der Waals surface area contributed by atoms with Crippen LogP contribution in [0.1, 0.15) is 12.5 Å². The van der Waals surface area contributed by atoms with E-state index in [-0.39, 0.29) is 11.9 Å². The highest BCUT2D eigenvalue weighted by atomic mass is 19.1. The predicted molar refractivity (Wildman–Crippen MR) is 66.7 cm³/mol. The molecule has 0 aromatic carbocycles. The first-order valence-corrected chi connectivity index (χ1v) is 5.61. The standard InChI is InChI=1S/C12H20FN3O/c1-9(8-17-4)16(3)12-10(6-14-2)5-11(13)7-15-12/h5,7,9,14H,6,8H2,1-4H3. The Labute approximate surface area is 102 Å². The summed E-state index contributed by atoms with van der Waals surface area (Å²) in [7, 11) is 5.42. The summed E-state index contributed by atoms with van der Waals surface area (Å²) in [6.45, 7) is 3.23. The van der Waals surface area contributed by atoms with Gasteiger partial charge in [-0.2, -0.15) is 0 Å². The largest absolute Gasteiger partial charge is 0.383 e. The lowest BCUT2D eigenvalue weighted by molar-refractivity contribution is 0.183. The molecule has 1 atom stereocenters. The molecule has 0 spiro atoms. The van der Waals surface area contributed by atoms with Crippen molar-refractivity contribution in [2.24, 2.45) is 0 Å². The Hall–Kier alpha value is -1.20. The maximum absolute atomic E-state index is 13.1. The molecule has 1 unspecified atom stereocenters. The summed E-state index contributed by atoms with van der Waals surface area (Å²) in [5.41, 5.74) is 0.845. The summed E-state index contributed by atoms with van der Waals surface area (Å²) in [5, 5.41) is 3.01. The minimum atomic E-state index is -0.313. The molecule has 1 aromatic heterocycles. The van der Waals surface area contributed by atoms with Gasteiger partial charge in [-0.25, -0.2) is 9.37 Å². The minimum Gasteiger partial charge on any atom is -0.383 e. The molecule has 96 valence electrons. The van der Waals surface area contributed by atoms with Crippen LogP contribution >= 0.6 is 0 Å². The lowest BCUT2D eigenvalue weighted by Crippen LogP contribution is -2.34. The third-order valence-corrected chi connectivity index (χ3v) is 2.68. The van der Waals surface area contributed by atoms with Gasteiger partial charge in [0.1, 0.15) is 11.6 Å². The van der Waals surface area contributed by atoms with E-state index in [0.29, 0.717) is 13.2 Å². The van der Waals surface area contributed by atoms with E-state index in [9.17, 15) is 4.39 Å². The van der Waals surface area contributed by atoms with E-state index >= 15 is 0 Å². The van der Waals surface area contributed by atoms with Crippen LogP contribution in [0.15, 0.2) is 12.3 Å². The average molecular weight is 241 g/mol. The monoisotopic (exact) mass is 241 g/mol. The van der Waals surface area contributed by atoms with Crippen LogP contribution in [0.5, 0.6) is 0 Å².